The van der Waals surface area contributed by atoms with Crippen LogP contribution in [0.2, 0.25) is 0 Å². The second kappa shape index (κ2) is 9.74. The fourth-order valence-corrected chi connectivity index (χ4v) is 0.241. The molecular formula is C5H10NaO+. The monoisotopic (exact) mass is 109 g/mol. The molecule has 0 amide bonds. The van der Waals surface area contributed by atoms with Gasteiger partial charge in [-0.2, -0.15) is 0 Å². The van der Waals surface area contributed by atoms with E-state index in [0.29, 0.717) is 0 Å². The number of aliphatic hydroxyl groups is 1. The molecule has 0 aliphatic rings. The molecule has 0 fully saturated rings. The van der Waals surface area contributed by atoms with E-state index in [4.69, 9.17) is 5.11 Å². The van der Waals surface area contributed by atoms with E-state index in [1.807, 2.05) is 0 Å². The first-order valence-corrected chi connectivity index (χ1v) is 2.21. The summed E-state index contributed by atoms with van der Waals surface area (Å²) in [6.45, 7) is 2.07. The van der Waals surface area contributed by atoms with Crippen molar-refractivity contribution in [1.82, 2.24) is 0 Å². The van der Waals surface area contributed by atoms with Crippen LogP contribution in [-0.2, 0) is 0 Å². The minimum absolute atomic E-state index is 0. The van der Waals surface area contributed by atoms with Gasteiger partial charge in [0.1, 0.15) is 0 Å². The van der Waals surface area contributed by atoms with Gasteiger partial charge in [-0.15, -0.1) is 0 Å². The van der Waals surface area contributed by atoms with Crippen molar-refractivity contribution < 1.29 is 34.7 Å². The second-order valence-corrected chi connectivity index (χ2v) is 1.17. The van der Waals surface area contributed by atoms with Gasteiger partial charge >= 0.3 is 29.6 Å². The van der Waals surface area contributed by atoms with Crippen LogP contribution in [0, 0.1) is 0 Å². The Morgan fingerprint density at radius 1 is 1.57 bits per heavy atom. The molecule has 0 aromatic rings. The fraction of sp³-hybridized carbons (Fsp3) is 0.600. The molecule has 0 radical (unpaired) electrons. The van der Waals surface area contributed by atoms with E-state index in [1.165, 1.54) is 0 Å². The number of hydrogen-bond acceptors (Lipinski definition) is 1. The number of aliphatic hydroxyl groups excluding tert-OH is 1. The summed E-state index contributed by atoms with van der Waals surface area (Å²) in [6.07, 6.45) is 4.91. The van der Waals surface area contributed by atoms with Crippen molar-refractivity contribution in [3.8, 4) is 0 Å². The topological polar surface area (TPSA) is 20.2 Å². The molecule has 0 aliphatic heterocycles. The molecule has 0 bridgehead atoms. The molecule has 2 heteroatoms. The van der Waals surface area contributed by atoms with Crippen molar-refractivity contribution in [2.75, 3.05) is 0 Å². The Morgan fingerprint density at radius 3 is 2.29 bits per heavy atom. The molecule has 0 spiro atoms. The summed E-state index contributed by atoms with van der Waals surface area (Å²) >= 11 is 0. The van der Waals surface area contributed by atoms with Crippen LogP contribution in [0.3, 0.4) is 0 Å². The summed E-state index contributed by atoms with van der Waals surface area (Å²) in [4.78, 5) is 0. The third-order valence-electron chi connectivity index (χ3n) is 0.561. The summed E-state index contributed by atoms with van der Waals surface area (Å²) in [5.74, 6) is 0. The molecule has 7 heavy (non-hydrogen) atoms. The second-order valence-electron chi connectivity index (χ2n) is 1.17. The van der Waals surface area contributed by atoms with Crippen molar-refractivity contribution in [3.05, 3.63) is 12.3 Å². The molecule has 1 nitrogen and oxygen atoms in total. The number of unbranched alkanes of at least 4 members (excludes halogenated alkanes) is 1. The Morgan fingerprint density at radius 2 is 2.14 bits per heavy atom. The standard InChI is InChI=1S/C5H10O.Na/c1-2-3-4-5-6;/h4-6H,2-3H2,1H3;/q;+1/b5-4+;. The van der Waals surface area contributed by atoms with E-state index in [0.717, 1.165) is 19.1 Å². The minimum Gasteiger partial charge on any atom is -0.516 e. The first-order chi connectivity index (χ1) is 2.91. The van der Waals surface area contributed by atoms with Gasteiger partial charge in [0.2, 0.25) is 0 Å². The van der Waals surface area contributed by atoms with Gasteiger partial charge in [0.05, 0.1) is 6.26 Å². The van der Waals surface area contributed by atoms with E-state index in [9.17, 15) is 0 Å². The predicted molar refractivity (Wildman–Crippen MR) is 26.7 cm³/mol. The van der Waals surface area contributed by atoms with Crippen molar-refractivity contribution in [3.63, 3.8) is 0 Å². The molecule has 0 saturated carbocycles. The summed E-state index contributed by atoms with van der Waals surface area (Å²) in [6, 6.07) is 0. The minimum atomic E-state index is 0. The smallest absolute Gasteiger partial charge is 0.516 e. The van der Waals surface area contributed by atoms with Crippen LogP contribution in [0.5, 0.6) is 0 Å². The van der Waals surface area contributed by atoms with Crippen LogP contribution in [-0.4, -0.2) is 5.11 Å². The largest absolute Gasteiger partial charge is 1.00 e. The van der Waals surface area contributed by atoms with Crippen molar-refractivity contribution in [2.45, 2.75) is 19.8 Å². The Balaban J connectivity index is 0. The molecule has 0 aliphatic carbocycles. The predicted octanol–water partition coefficient (Wildman–Crippen LogP) is -1.14. The van der Waals surface area contributed by atoms with E-state index in [-0.39, 0.29) is 29.6 Å². The van der Waals surface area contributed by atoms with Crippen LogP contribution in [0.1, 0.15) is 19.8 Å². The van der Waals surface area contributed by atoms with Crippen LogP contribution in [0.15, 0.2) is 12.3 Å². The third-order valence-corrected chi connectivity index (χ3v) is 0.561. The van der Waals surface area contributed by atoms with Crippen LogP contribution >= 0.6 is 0 Å². The van der Waals surface area contributed by atoms with Crippen molar-refractivity contribution >= 4 is 0 Å². The van der Waals surface area contributed by atoms with Gasteiger partial charge in [-0.3, -0.25) is 0 Å². The van der Waals surface area contributed by atoms with E-state index in [1.54, 1.807) is 6.08 Å². The Hall–Kier alpha value is 0.540. The van der Waals surface area contributed by atoms with Crippen LogP contribution < -0.4 is 29.6 Å². The molecule has 0 aromatic carbocycles. The SMILES string of the molecule is CCC/C=C/O.[Na+]. The zero-order valence-corrected chi connectivity index (χ0v) is 7.02. The number of rotatable bonds is 2. The zero-order chi connectivity index (χ0) is 4.83. The van der Waals surface area contributed by atoms with Gasteiger partial charge < -0.3 is 5.11 Å². The van der Waals surface area contributed by atoms with Crippen molar-refractivity contribution in [2.24, 2.45) is 0 Å². The van der Waals surface area contributed by atoms with Gasteiger partial charge in [0.25, 0.3) is 0 Å². The van der Waals surface area contributed by atoms with Gasteiger partial charge in [-0.05, 0) is 6.42 Å². The average molecular weight is 109 g/mol. The van der Waals surface area contributed by atoms with E-state index in [2.05, 4.69) is 6.92 Å². The van der Waals surface area contributed by atoms with Crippen molar-refractivity contribution in [1.29, 1.82) is 0 Å². The number of hydrogen-bond donors (Lipinski definition) is 1. The molecular weight excluding hydrogens is 99.0 g/mol. The molecule has 0 rings (SSSR count). The first kappa shape index (κ1) is 10.5. The summed E-state index contributed by atoms with van der Waals surface area (Å²) in [5.41, 5.74) is 0. The van der Waals surface area contributed by atoms with E-state index < -0.39 is 0 Å². The molecule has 0 saturated heterocycles. The quantitative estimate of drug-likeness (QED) is 0.351. The summed E-state index contributed by atoms with van der Waals surface area (Å²) in [5, 5.41) is 8.02. The zero-order valence-electron chi connectivity index (χ0n) is 5.02. The van der Waals surface area contributed by atoms with E-state index >= 15 is 0 Å². The fourth-order valence-electron chi connectivity index (χ4n) is 0.241. The Bertz CT molecular complexity index is 43.3. The summed E-state index contributed by atoms with van der Waals surface area (Å²) in [7, 11) is 0. The average Bonchev–Trinajstić information content (AvgIpc) is 1.61. The van der Waals surface area contributed by atoms with Gasteiger partial charge in [-0.25, -0.2) is 0 Å². The maximum atomic E-state index is 8.02. The molecule has 0 unspecified atom stereocenters. The third kappa shape index (κ3) is 10.8. The maximum Gasteiger partial charge on any atom is 1.00 e. The molecule has 0 aromatic heterocycles. The summed E-state index contributed by atoms with van der Waals surface area (Å²) < 4.78 is 0. The van der Waals surface area contributed by atoms with Crippen LogP contribution in [0.4, 0.5) is 0 Å². The maximum absolute atomic E-state index is 8.02. The number of allylic oxidation sites excluding steroid dienone is 1. The van der Waals surface area contributed by atoms with Gasteiger partial charge in [-0.1, -0.05) is 19.4 Å². The van der Waals surface area contributed by atoms with Gasteiger partial charge in [0, 0.05) is 0 Å². The Labute approximate surface area is 66.7 Å². The molecule has 1 N–H and O–H groups in total. The normalized spacial score (nSPS) is 8.71. The molecule has 0 heterocycles. The molecule has 0 atom stereocenters. The van der Waals surface area contributed by atoms with Gasteiger partial charge in [0.15, 0.2) is 0 Å². The Kier molecular flexibility index (Phi) is 14.6. The van der Waals surface area contributed by atoms with Crippen LogP contribution in [0.25, 0.3) is 0 Å². The molecule has 36 valence electrons. The first-order valence-electron chi connectivity index (χ1n) is 2.21.